The van der Waals surface area contributed by atoms with Crippen LogP contribution in [0, 0.1) is 6.07 Å². The van der Waals surface area contributed by atoms with Crippen LogP contribution in [0.2, 0.25) is 0 Å². The van der Waals surface area contributed by atoms with Gasteiger partial charge in [-0.2, -0.15) is 0 Å². The molecule has 10 heavy (non-hydrogen) atoms. The fourth-order valence-corrected chi connectivity index (χ4v) is 0.568. The van der Waals surface area contributed by atoms with Crippen molar-refractivity contribution in [3.8, 4) is 0 Å². The van der Waals surface area contributed by atoms with Crippen LogP contribution in [0.1, 0.15) is 0 Å². The van der Waals surface area contributed by atoms with Crippen LogP contribution < -0.4 is 5.73 Å². The first kappa shape index (κ1) is 6.45. The molecule has 2 N–H and O–H groups in total. The van der Waals surface area contributed by atoms with Crippen LogP contribution in [0.4, 0.5) is 11.4 Å². The molecule has 0 saturated heterocycles. The Kier molecular flexibility index (Phi) is 1.78. The monoisotopic (exact) mass is 133 g/mol. The smallest absolute Gasteiger partial charge is 0.0611 e. The van der Waals surface area contributed by atoms with E-state index in [-0.39, 0.29) is 0 Å². The molecule has 4 heteroatoms. The van der Waals surface area contributed by atoms with Crippen molar-refractivity contribution < 1.29 is 0 Å². The largest absolute Gasteiger partial charge is 0.398 e. The minimum atomic E-state index is 0.421. The van der Waals surface area contributed by atoms with E-state index in [0.29, 0.717) is 11.4 Å². The lowest BCUT2D eigenvalue weighted by Gasteiger charge is -1.93. The summed E-state index contributed by atoms with van der Waals surface area (Å²) in [5.41, 5.74) is 14.3. The number of nitrogen functional groups attached to an aromatic ring is 1. The summed E-state index contributed by atoms with van der Waals surface area (Å²) >= 11 is 0. The number of nitrogens with zero attached hydrogens (tertiary/aromatic N) is 3. The standard InChI is InChI=1S/C6H5N4/c7-5-3-1-2-4-6(5)9-10-8/h1,3-4H,7H2. The lowest BCUT2D eigenvalue weighted by Crippen LogP contribution is -1.82. The van der Waals surface area contributed by atoms with Gasteiger partial charge in [-0.15, -0.1) is 0 Å². The molecule has 0 spiro atoms. The maximum absolute atomic E-state index is 8.03. The predicted octanol–water partition coefficient (Wildman–Crippen LogP) is 2.01. The van der Waals surface area contributed by atoms with Crippen LogP contribution in [0.25, 0.3) is 10.4 Å². The quantitative estimate of drug-likeness (QED) is 0.270. The van der Waals surface area contributed by atoms with Gasteiger partial charge in [-0.1, -0.05) is 11.2 Å². The van der Waals surface area contributed by atoms with Crippen molar-refractivity contribution in [2.24, 2.45) is 5.11 Å². The zero-order chi connectivity index (χ0) is 7.40. The number of rotatable bonds is 1. The molecule has 0 aliphatic heterocycles. The molecule has 0 aliphatic carbocycles. The molecule has 0 heterocycles. The van der Waals surface area contributed by atoms with Gasteiger partial charge in [-0.05, 0) is 23.7 Å². The number of hydrogen-bond donors (Lipinski definition) is 1. The predicted molar refractivity (Wildman–Crippen MR) is 38.5 cm³/mol. The van der Waals surface area contributed by atoms with Crippen molar-refractivity contribution in [1.82, 2.24) is 0 Å². The minimum Gasteiger partial charge on any atom is -0.398 e. The van der Waals surface area contributed by atoms with Gasteiger partial charge in [0.1, 0.15) is 0 Å². The zero-order valence-electron chi connectivity index (χ0n) is 5.15. The molecule has 0 fully saturated rings. The summed E-state index contributed by atoms with van der Waals surface area (Å²) in [7, 11) is 0. The molecule has 0 bridgehead atoms. The third-order valence-corrected chi connectivity index (χ3v) is 1.03. The Morgan fingerprint density at radius 2 is 2.50 bits per heavy atom. The second-order valence-corrected chi connectivity index (χ2v) is 1.67. The summed E-state index contributed by atoms with van der Waals surface area (Å²) in [6.07, 6.45) is 0. The van der Waals surface area contributed by atoms with Crippen LogP contribution in [0.15, 0.2) is 23.3 Å². The number of hydrogen-bond acceptors (Lipinski definition) is 2. The van der Waals surface area contributed by atoms with Gasteiger partial charge in [0.05, 0.1) is 5.69 Å². The summed E-state index contributed by atoms with van der Waals surface area (Å²) < 4.78 is 0. The van der Waals surface area contributed by atoms with Crippen molar-refractivity contribution in [3.05, 3.63) is 34.7 Å². The number of benzene rings is 1. The first-order valence-electron chi connectivity index (χ1n) is 2.65. The third-order valence-electron chi connectivity index (χ3n) is 1.03. The van der Waals surface area contributed by atoms with E-state index in [4.69, 9.17) is 11.3 Å². The van der Waals surface area contributed by atoms with Gasteiger partial charge in [0.15, 0.2) is 0 Å². The highest BCUT2D eigenvalue weighted by Crippen LogP contribution is 2.19. The average Bonchev–Trinajstić information content (AvgIpc) is 1.94. The maximum atomic E-state index is 8.03. The van der Waals surface area contributed by atoms with Gasteiger partial charge < -0.3 is 5.73 Å². The summed E-state index contributed by atoms with van der Waals surface area (Å²) in [5, 5.41) is 3.33. The summed E-state index contributed by atoms with van der Waals surface area (Å²) in [6.45, 7) is 0. The molecular formula is C6H5N4. The molecule has 1 aromatic rings. The molecule has 0 aliphatic rings. The fourth-order valence-electron chi connectivity index (χ4n) is 0.568. The van der Waals surface area contributed by atoms with E-state index in [0.717, 1.165) is 0 Å². The molecule has 4 nitrogen and oxygen atoms in total. The lowest BCUT2D eigenvalue weighted by atomic mass is 10.3. The topological polar surface area (TPSA) is 74.8 Å². The second-order valence-electron chi connectivity index (χ2n) is 1.67. The normalized spacial score (nSPS) is 8.40. The van der Waals surface area contributed by atoms with Gasteiger partial charge in [0, 0.05) is 10.6 Å². The Balaban J connectivity index is 3.14. The molecule has 49 valence electrons. The molecule has 0 unspecified atom stereocenters. The van der Waals surface area contributed by atoms with Gasteiger partial charge in [-0.25, -0.2) is 0 Å². The molecule has 1 rings (SSSR count). The van der Waals surface area contributed by atoms with Crippen LogP contribution in [0.3, 0.4) is 0 Å². The number of anilines is 1. The first-order chi connectivity index (χ1) is 4.84. The maximum Gasteiger partial charge on any atom is 0.0611 e. The molecule has 0 amide bonds. The Bertz CT molecular complexity index is 275. The second kappa shape index (κ2) is 2.75. The summed E-state index contributed by atoms with van der Waals surface area (Å²) in [6, 6.07) is 7.57. The average molecular weight is 133 g/mol. The SMILES string of the molecule is [N-]=[N+]=Nc1c[c]ccc1N. The first-order valence-corrected chi connectivity index (χ1v) is 2.65. The zero-order valence-corrected chi connectivity index (χ0v) is 5.15. The third kappa shape index (κ3) is 1.18. The summed E-state index contributed by atoms with van der Waals surface area (Å²) in [4.78, 5) is 2.59. The van der Waals surface area contributed by atoms with Crippen molar-refractivity contribution in [3.63, 3.8) is 0 Å². The minimum absolute atomic E-state index is 0.421. The lowest BCUT2D eigenvalue weighted by molar-refractivity contribution is 1.47. The van der Waals surface area contributed by atoms with Gasteiger partial charge in [-0.3, -0.25) is 0 Å². The van der Waals surface area contributed by atoms with Crippen molar-refractivity contribution in [2.75, 3.05) is 5.73 Å². The fraction of sp³-hybridized carbons (Fsp3) is 0. The van der Waals surface area contributed by atoms with Crippen molar-refractivity contribution in [2.45, 2.75) is 0 Å². The van der Waals surface area contributed by atoms with E-state index in [1.54, 1.807) is 12.1 Å². The highest BCUT2D eigenvalue weighted by molar-refractivity contribution is 5.61. The number of azide groups is 1. The van der Waals surface area contributed by atoms with E-state index in [9.17, 15) is 0 Å². The molecule has 0 atom stereocenters. The van der Waals surface area contributed by atoms with Crippen LogP contribution >= 0.6 is 0 Å². The highest BCUT2D eigenvalue weighted by atomic mass is 15.1. The number of nitrogens with two attached hydrogens (primary N) is 1. The van der Waals surface area contributed by atoms with Crippen molar-refractivity contribution >= 4 is 11.4 Å². The Morgan fingerprint density at radius 1 is 1.70 bits per heavy atom. The van der Waals surface area contributed by atoms with Gasteiger partial charge in [0.2, 0.25) is 0 Å². The molecule has 1 aromatic carbocycles. The van der Waals surface area contributed by atoms with Crippen molar-refractivity contribution in [1.29, 1.82) is 0 Å². The van der Waals surface area contributed by atoms with Crippen LogP contribution in [0.5, 0.6) is 0 Å². The molecule has 0 aromatic heterocycles. The summed E-state index contributed by atoms with van der Waals surface area (Å²) in [5.74, 6) is 0. The van der Waals surface area contributed by atoms with E-state index in [1.807, 2.05) is 0 Å². The van der Waals surface area contributed by atoms with Crippen LogP contribution in [-0.4, -0.2) is 0 Å². The van der Waals surface area contributed by atoms with Crippen LogP contribution in [-0.2, 0) is 0 Å². The van der Waals surface area contributed by atoms with E-state index in [2.05, 4.69) is 16.1 Å². The van der Waals surface area contributed by atoms with Gasteiger partial charge >= 0.3 is 0 Å². The van der Waals surface area contributed by atoms with E-state index >= 15 is 0 Å². The highest BCUT2D eigenvalue weighted by Gasteiger charge is 1.90. The van der Waals surface area contributed by atoms with E-state index < -0.39 is 0 Å². The molecule has 0 saturated carbocycles. The Labute approximate surface area is 57.9 Å². The molecular weight excluding hydrogens is 128 g/mol. The Morgan fingerprint density at radius 3 is 3.10 bits per heavy atom. The Hall–Kier alpha value is -1.67. The van der Waals surface area contributed by atoms with E-state index in [1.165, 1.54) is 6.07 Å². The molecule has 1 radical (unpaired) electrons. The van der Waals surface area contributed by atoms with Gasteiger partial charge in [0.25, 0.3) is 0 Å².